The smallest absolute Gasteiger partial charge is 0.231 e. The number of fused-ring (bicyclic) bond motifs is 1. The van der Waals surface area contributed by atoms with Gasteiger partial charge >= 0.3 is 0 Å². The van der Waals surface area contributed by atoms with E-state index in [4.69, 9.17) is 9.47 Å². The highest BCUT2D eigenvalue weighted by atomic mass is 32.2. The third-order valence-electron chi connectivity index (χ3n) is 3.89. The zero-order valence-corrected chi connectivity index (χ0v) is 13.8. The lowest BCUT2D eigenvalue weighted by Crippen LogP contribution is -2.01. The van der Waals surface area contributed by atoms with Crippen molar-refractivity contribution in [3.63, 3.8) is 0 Å². The molecule has 0 radical (unpaired) electrons. The van der Waals surface area contributed by atoms with Crippen LogP contribution in [0.2, 0.25) is 0 Å². The zero-order valence-electron chi connectivity index (χ0n) is 13.0. The van der Waals surface area contributed by atoms with E-state index in [1.165, 1.54) is 23.3 Å². The molecule has 1 aliphatic heterocycles. The molecule has 0 saturated carbocycles. The second kappa shape index (κ2) is 7.59. The van der Waals surface area contributed by atoms with Crippen LogP contribution in [0.25, 0.3) is 0 Å². The molecule has 116 valence electrons. The van der Waals surface area contributed by atoms with Gasteiger partial charge in [0, 0.05) is 5.75 Å². The van der Waals surface area contributed by atoms with Crippen LogP contribution in [-0.4, -0.2) is 12.5 Å². The summed E-state index contributed by atoms with van der Waals surface area (Å²) in [4.78, 5) is 0. The number of hydrogen-bond acceptors (Lipinski definition) is 3. The Labute approximate surface area is 136 Å². The topological polar surface area (TPSA) is 18.5 Å². The van der Waals surface area contributed by atoms with E-state index in [1.54, 1.807) is 0 Å². The van der Waals surface area contributed by atoms with Gasteiger partial charge in [-0.15, -0.1) is 0 Å². The highest BCUT2D eigenvalue weighted by Gasteiger charge is 2.14. The predicted molar refractivity (Wildman–Crippen MR) is 92.7 cm³/mol. The minimum absolute atomic E-state index is 0.352. The van der Waals surface area contributed by atoms with Crippen LogP contribution >= 0.6 is 11.8 Å². The van der Waals surface area contributed by atoms with E-state index in [9.17, 15) is 0 Å². The molecule has 3 heteroatoms. The molecule has 2 aromatic rings. The summed E-state index contributed by atoms with van der Waals surface area (Å²) in [6.45, 7) is 2.68. The van der Waals surface area contributed by atoms with Crippen molar-refractivity contribution >= 4 is 11.8 Å². The molecule has 0 aliphatic carbocycles. The molecule has 3 rings (SSSR count). The van der Waals surface area contributed by atoms with E-state index >= 15 is 0 Å². The van der Waals surface area contributed by atoms with Crippen LogP contribution in [-0.2, 0) is 12.2 Å². The third kappa shape index (κ3) is 4.20. The first-order valence-electron chi connectivity index (χ1n) is 7.81. The maximum absolute atomic E-state index is 5.44. The summed E-state index contributed by atoms with van der Waals surface area (Å²) in [5, 5.41) is 0. The molecule has 0 spiro atoms. The van der Waals surface area contributed by atoms with Gasteiger partial charge in [0.05, 0.1) is 0 Å². The minimum atomic E-state index is 0.352. The van der Waals surface area contributed by atoms with Gasteiger partial charge in [-0.1, -0.05) is 43.3 Å². The molecular formula is C19H22O2S. The highest BCUT2D eigenvalue weighted by Crippen LogP contribution is 2.33. The summed E-state index contributed by atoms with van der Waals surface area (Å²) in [6, 6.07) is 17.0. The van der Waals surface area contributed by atoms with Crippen molar-refractivity contribution in [3.8, 4) is 11.5 Å². The second-order valence-electron chi connectivity index (χ2n) is 5.82. The Hall–Kier alpha value is -1.61. The molecular weight excluding hydrogens is 292 g/mol. The Morgan fingerprint density at radius 3 is 2.68 bits per heavy atom. The molecule has 2 aromatic carbocycles. The van der Waals surface area contributed by atoms with Gasteiger partial charge in [0.15, 0.2) is 11.5 Å². The molecule has 2 nitrogen and oxygen atoms in total. The van der Waals surface area contributed by atoms with Crippen LogP contribution in [0.5, 0.6) is 11.5 Å². The fourth-order valence-corrected chi connectivity index (χ4v) is 3.76. The van der Waals surface area contributed by atoms with Crippen molar-refractivity contribution in [3.05, 3.63) is 59.7 Å². The third-order valence-corrected chi connectivity index (χ3v) is 4.95. The monoisotopic (exact) mass is 314 g/mol. The summed E-state index contributed by atoms with van der Waals surface area (Å²) >= 11 is 2.02. The van der Waals surface area contributed by atoms with Crippen LogP contribution in [0.3, 0.4) is 0 Å². The Bertz CT molecular complexity index is 598. The van der Waals surface area contributed by atoms with Crippen LogP contribution in [0.4, 0.5) is 0 Å². The van der Waals surface area contributed by atoms with Crippen molar-refractivity contribution in [1.29, 1.82) is 0 Å². The van der Waals surface area contributed by atoms with E-state index in [2.05, 4.69) is 49.4 Å². The lowest BCUT2D eigenvalue weighted by Gasteiger charge is -2.11. The van der Waals surface area contributed by atoms with Gasteiger partial charge in [0.25, 0.3) is 0 Å². The standard InChI is InChI=1S/C19H22O2S/c1-15(9-10-22-13-16-5-3-2-4-6-16)11-17-7-8-18-19(12-17)21-14-20-18/h2-8,12,15H,9-11,13-14H2,1H3. The van der Waals surface area contributed by atoms with E-state index in [1.807, 2.05) is 17.8 Å². The van der Waals surface area contributed by atoms with Crippen LogP contribution in [0.15, 0.2) is 48.5 Å². The molecule has 0 N–H and O–H groups in total. The molecule has 1 atom stereocenters. The average Bonchev–Trinajstić information content (AvgIpc) is 3.00. The van der Waals surface area contributed by atoms with E-state index in [-0.39, 0.29) is 0 Å². The lowest BCUT2D eigenvalue weighted by atomic mass is 9.99. The van der Waals surface area contributed by atoms with Crippen molar-refractivity contribution in [1.82, 2.24) is 0 Å². The summed E-state index contributed by atoms with van der Waals surface area (Å²) < 4.78 is 10.8. The van der Waals surface area contributed by atoms with Crippen molar-refractivity contribution < 1.29 is 9.47 Å². The summed E-state index contributed by atoms with van der Waals surface area (Å²) in [7, 11) is 0. The second-order valence-corrected chi connectivity index (χ2v) is 6.93. The number of rotatable bonds is 7. The van der Waals surface area contributed by atoms with Gasteiger partial charge in [0.1, 0.15) is 0 Å². The largest absolute Gasteiger partial charge is 0.454 e. The molecule has 0 amide bonds. The summed E-state index contributed by atoms with van der Waals surface area (Å²) in [5.41, 5.74) is 2.75. The SMILES string of the molecule is CC(CCSCc1ccccc1)Cc1ccc2c(c1)OCO2. The van der Waals surface area contributed by atoms with Gasteiger partial charge in [0.2, 0.25) is 6.79 Å². The van der Waals surface area contributed by atoms with E-state index < -0.39 is 0 Å². The molecule has 1 heterocycles. The maximum Gasteiger partial charge on any atom is 0.231 e. The fourth-order valence-electron chi connectivity index (χ4n) is 2.62. The van der Waals surface area contributed by atoms with Gasteiger partial charge < -0.3 is 9.47 Å². The highest BCUT2D eigenvalue weighted by molar-refractivity contribution is 7.98. The van der Waals surface area contributed by atoms with E-state index in [0.717, 1.165) is 23.7 Å². The average molecular weight is 314 g/mol. The molecule has 0 saturated heterocycles. The van der Waals surface area contributed by atoms with Crippen LogP contribution in [0, 0.1) is 5.92 Å². The fraction of sp³-hybridized carbons (Fsp3) is 0.368. The lowest BCUT2D eigenvalue weighted by molar-refractivity contribution is 0.174. The molecule has 1 aliphatic rings. The normalized spacial score (nSPS) is 14.0. The first-order valence-corrected chi connectivity index (χ1v) is 8.97. The predicted octanol–water partition coefficient (Wildman–Crippen LogP) is 4.92. The Morgan fingerprint density at radius 1 is 1.00 bits per heavy atom. The molecule has 22 heavy (non-hydrogen) atoms. The van der Waals surface area contributed by atoms with Crippen LogP contribution < -0.4 is 9.47 Å². The molecule has 0 aromatic heterocycles. The zero-order chi connectivity index (χ0) is 15.2. The van der Waals surface area contributed by atoms with Crippen molar-refractivity contribution in [2.24, 2.45) is 5.92 Å². The van der Waals surface area contributed by atoms with Crippen molar-refractivity contribution in [2.45, 2.75) is 25.5 Å². The van der Waals surface area contributed by atoms with Gasteiger partial charge in [-0.3, -0.25) is 0 Å². The Balaban J connectivity index is 1.40. The maximum atomic E-state index is 5.44. The van der Waals surface area contributed by atoms with Crippen molar-refractivity contribution in [2.75, 3.05) is 12.5 Å². The Kier molecular flexibility index (Phi) is 5.28. The molecule has 0 bridgehead atoms. The van der Waals surface area contributed by atoms with Crippen LogP contribution in [0.1, 0.15) is 24.5 Å². The number of hydrogen-bond donors (Lipinski definition) is 0. The Morgan fingerprint density at radius 2 is 1.82 bits per heavy atom. The van der Waals surface area contributed by atoms with Gasteiger partial charge in [-0.2, -0.15) is 11.8 Å². The number of benzene rings is 2. The summed E-state index contributed by atoms with van der Waals surface area (Å²) in [5.74, 6) is 4.76. The number of ether oxygens (including phenoxy) is 2. The first kappa shape index (κ1) is 15.3. The quantitative estimate of drug-likeness (QED) is 0.676. The molecule has 1 unspecified atom stereocenters. The summed E-state index contributed by atoms with van der Waals surface area (Å²) in [6.07, 6.45) is 2.34. The van der Waals surface area contributed by atoms with E-state index in [0.29, 0.717) is 12.7 Å². The van der Waals surface area contributed by atoms with Gasteiger partial charge in [-0.05, 0) is 47.8 Å². The number of thioether (sulfide) groups is 1. The molecule has 0 fully saturated rings. The minimum Gasteiger partial charge on any atom is -0.454 e. The van der Waals surface area contributed by atoms with Gasteiger partial charge in [-0.25, -0.2) is 0 Å². The first-order chi connectivity index (χ1) is 10.8.